The van der Waals surface area contributed by atoms with Gasteiger partial charge in [-0.15, -0.1) is 0 Å². The van der Waals surface area contributed by atoms with Crippen molar-refractivity contribution >= 4 is 35.0 Å². The SMILES string of the molecule is COc1ccc(Cl)cc1NC(=O)C(=O)NCCCN1CCCC1=O. The highest BCUT2D eigenvalue weighted by Gasteiger charge is 2.20. The van der Waals surface area contributed by atoms with Crippen molar-refractivity contribution in [3.8, 4) is 5.75 Å². The Bertz CT molecular complexity index is 636. The molecule has 2 rings (SSSR count). The maximum absolute atomic E-state index is 11.9. The molecule has 1 aliphatic heterocycles. The fourth-order valence-corrected chi connectivity index (χ4v) is 2.62. The van der Waals surface area contributed by atoms with E-state index in [1.165, 1.54) is 13.2 Å². The fraction of sp³-hybridized carbons (Fsp3) is 0.438. The van der Waals surface area contributed by atoms with E-state index in [9.17, 15) is 14.4 Å². The quantitative estimate of drug-likeness (QED) is 0.598. The van der Waals surface area contributed by atoms with Gasteiger partial charge in [0.25, 0.3) is 0 Å². The summed E-state index contributed by atoms with van der Waals surface area (Å²) in [5, 5.41) is 5.42. The minimum absolute atomic E-state index is 0.145. The number of ether oxygens (including phenoxy) is 1. The Hall–Kier alpha value is -2.28. The van der Waals surface area contributed by atoms with Gasteiger partial charge in [0.2, 0.25) is 5.91 Å². The topological polar surface area (TPSA) is 87.7 Å². The molecule has 0 aromatic heterocycles. The van der Waals surface area contributed by atoms with Crippen molar-refractivity contribution in [1.29, 1.82) is 0 Å². The summed E-state index contributed by atoms with van der Waals surface area (Å²) in [6.07, 6.45) is 2.08. The van der Waals surface area contributed by atoms with Crippen molar-refractivity contribution in [1.82, 2.24) is 10.2 Å². The number of carbonyl (C=O) groups excluding carboxylic acids is 3. The van der Waals surface area contributed by atoms with Crippen LogP contribution in [0.4, 0.5) is 5.69 Å². The van der Waals surface area contributed by atoms with E-state index in [1.807, 2.05) is 0 Å². The zero-order valence-electron chi connectivity index (χ0n) is 13.4. The Kier molecular flexibility index (Phi) is 6.43. The predicted molar refractivity (Wildman–Crippen MR) is 90.1 cm³/mol. The van der Waals surface area contributed by atoms with E-state index in [1.54, 1.807) is 17.0 Å². The summed E-state index contributed by atoms with van der Waals surface area (Å²) in [6.45, 7) is 1.67. The molecule has 24 heavy (non-hydrogen) atoms. The number of likely N-dealkylation sites (tertiary alicyclic amines) is 1. The van der Waals surface area contributed by atoms with Crippen molar-refractivity contribution in [2.75, 3.05) is 32.1 Å². The Balaban J connectivity index is 1.77. The van der Waals surface area contributed by atoms with Crippen LogP contribution in [0.2, 0.25) is 5.02 Å². The smallest absolute Gasteiger partial charge is 0.313 e. The molecule has 0 atom stereocenters. The first-order valence-corrected chi connectivity index (χ1v) is 8.09. The number of hydrogen-bond donors (Lipinski definition) is 2. The van der Waals surface area contributed by atoms with Gasteiger partial charge in [0, 0.05) is 31.1 Å². The van der Waals surface area contributed by atoms with E-state index in [-0.39, 0.29) is 5.91 Å². The zero-order valence-corrected chi connectivity index (χ0v) is 14.2. The molecule has 0 unspecified atom stereocenters. The van der Waals surface area contributed by atoms with Gasteiger partial charge in [0.05, 0.1) is 12.8 Å². The summed E-state index contributed by atoms with van der Waals surface area (Å²) in [7, 11) is 1.46. The number of methoxy groups -OCH3 is 1. The summed E-state index contributed by atoms with van der Waals surface area (Å²) in [6, 6.07) is 4.73. The van der Waals surface area contributed by atoms with Crippen LogP contribution >= 0.6 is 11.6 Å². The van der Waals surface area contributed by atoms with E-state index < -0.39 is 11.8 Å². The first-order valence-electron chi connectivity index (χ1n) is 7.71. The molecule has 1 fully saturated rings. The number of nitrogens with zero attached hydrogens (tertiary/aromatic N) is 1. The number of halogens is 1. The molecule has 130 valence electrons. The van der Waals surface area contributed by atoms with Crippen molar-refractivity contribution in [3.05, 3.63) is 23.2 Å². The molecule has 1 aliphatic rings. The minimum atomic E-state index is -0.798. The lowest BCUT2D eigenvalue weighted by molar-refractivity contribution is -0.136. The van der Waals surface area contributed by atoms with Gasteiger partial charge in [-0.3, -0.25) is 14.4 Å². The van der Waals surface area contributed by atoms with Gasteiger partial charge in [-0.1, -0.05) is 11.6 Å². The van der Waals surface area contributed by atoms with Crippen LogP contribution in [0.1, 0.15) is 19.3 Å². The summed E-state index contributed by atoms with van der Waals surface area (Å²) >= 11 is 5.87. The van der Waals surface area contributed by atoms with Gasteiger partial charge >= 0.3 is 11.8 Å². The highest BCUT2D eigenvalue weighted by Crippen LogP contribution is 2.27. The van der Waals surface area contributed by atoms with E-state index in [0.717, 1.165) is 13.0 Å². The molecule has 0 saturated carbocycles. The van der Waals surface area contributed by atoms with Crippen LogP contribution in [0.5, 0.6) is 5.75 Å². The van der Waals surface area contributed by atoms with Crippen LogP contribution in [-0.2, 0) is 14.4 Å². The van der Waals surface area contributed by atoms with Crippen molar-refractivity contribution in [3.63, 3.8) is 0 Å². The molecule has 7 nitrogen and oxygen atoms in total. The first-order chi connectivity index (χ1) is 11.5. The summed E-state index contributed by atoms with van der Waals surface area (Å²) in [5.41, 5.74) is 0.327. The third-order valence-corrected chi connectivity index (χ3v) is 3.91. The lowest BCUT2D eigenvalue weighted by Gasteiger charge is -2.15. The molecule has 8 heteroatoms. The van der Waals surface area contributed by atoms with Crippen LogP contribution in [-0.4, -0.2) is 49.4 Å². The van der Waals surface area contributed by atoms with Crippen molar-refractivity contribution in [2.24, 2.45) is 0 Å². The second-order valence-electron chi connectivity index (χ2n) is 5.39. The van der Waals surface area contributed by atoms with Crippen LogP contribution in [0.3, 0.4) is 0 Å². The maximum atomic E-state index is 11.9. The van der Waals surface area contributed by atoms with E-state index in [2.05, 4.69) is 10.6 Å². The lowest BCUT2D eigenvalue weighted by Crippen LogP contribution is -2.37. The molecule has 0 spiro atoms. The van der Waals surface area contributed by atoms with Gasteiger partial charge in [0.1, 0.15) is 5.75 Å². The molecule has 1 aromatic rings. The highest BCUT2D eigenvalue weighted by molar-refractivity contribution is 6.40. The van der Waals surface area contributed by atoms with E-state index >= 15 is 0 Å². The second-order valence-corrected chi connectivity index (χ2v) is 5.83. The van der Waals surface area contributed by atoms with Crippen LogP contribution in [0.25, 0.3) is 0 Å². The second kappa shape index (κ2) is 8.54. The summed E-state index contributed by atoms with van der Waals surface area (Å²) in [4.78, 5) is 36.9. The first kappa shape index (κ1) is 18.1. The number of anilines is 1. The maximum Gasteiger partial charge on any atom is 0.313 e. The van der Waals surface area contributed by atoms with Gasteiger partial charge < -0.3 is 20.3 Å². The summed E-state index contributed by atoms with van der Waals surface area (Å²) < 4.78 is 5.10. The molecule has 3 amide bonds. The molecular weight excluding hydrogens is 334 g/mol. The molecule has 1 aromatic carbocycles. The zero-order chi connectivity index (χ0) is 17.5. The molecule has 2 N–H and O–H groups in total. The van der Waals surface area contributed by atoms with Crippen LogP contribution in [0.15, 0.2) is 18.2 Å². The van der Waals surface area contributed by atoms with E-state index in [0.29, 0.717) is 42.4 Å². The van der Waals surface area contributed by atoms with Crippen molar-refractivity contribution < 1.29 is 19.1 Å². The fourth-order valence-electron chi connectivity index (χ4n) is 2.45. The van der Waals surface area contributed by atoms with Crippen LogP contribution in [0, 0.1) is 0 Å². The number of benzene rings is 1. The monoisotopic (exact) mass is 353 g/mol. The van der Waals surface area contributed by atoms with Gasteiger partial charge in [-0.05, 0) is 31.0 Å². The molecule has 1 heterocycles. The van der Waals surface area contributed by atoms with Crippen LogP contribution < -0.4 is 15.4 Å². The van der Waals surface area contributed by atoms with Gasteiger partial charge in [-0.25, -0.2) is 0 Å². The average molecular weight is 354 g/mol. The van der Waals surface area contributed by atoms with E-state index in [4.69, 9.17) is 16.3 Å². The molecule has 0 bridgehead atoms. The Labute approximate surface area is 145 Å². The number of rotatable bonds is 6. The Morgan fingerprint density at radius 2 is 2.12 bits per heavy atom. The summed E-state index contributed by atoms with van der Waals surface area (Å²) in [5.74, 6) is -0.988. The predicted octanol–water partition coefficient (Wildman–Crippen LogP) is 1.42. The largest absolute Gasteiger partial charge is 0.495 e. The molecular formula is C16H20ClN3O4. The highest BCUT2D eigenvalue weighted by atomic mass is 35.5. The molecule has 1 saturated heterocycles. The normalized spacial score (nSPS) is 13.8. The van der Waals surface area contributed by atoms with Gasteiger partial charge in [0.15, 0.2) is 0 Å². The number of amides is 3. The Morgan fingerprint density at radius 1 is 1.33 bits per heavy atom. The number of carbonyl (C=O) groups is 3. The number of hydrogen-bond acceptors (Lipinski definition) is 4. The average Bonchev–Trinajstić information content (AvgIpc) is 2.96. The molecule has 0 aliphatic carbocycles. The lowest BCUT2D eigenvalue weighted by atomic mass is 10.3. The van der Waals surface area contributed by atoms with Crippen molar-refractivity contribution in [2.45, 2.75) is 19.3 Å². The molecule has 0 radical (unpaired) electrons. The standard InChI is InChI=1S/C16H20ClN3O4/c1-24-13-6-5-11(17)10-12(13)19-16(23)15(22)18-7-3-9-20-8-2-4-14(20)21/h5-6,10H,2-4,7-9H2,1H3,(H,18,22)(H,19,23). The van der Waals surface area contributed by atoms with Gasteiger partial charge in [-0.2, -0.15) is 0 Å². The third kappa shape index (κ3) is 4.86. The third-order valence-electron chi connectivity index (χ3n) is 3.68. The Morgan fingerprint density at radius 3 is 2.79 bits per heavy atom. The number of nitrogens with one attached hydrogen (secondary N) is 2. The minimum Gasteiger partial charge on any atom is -0.495 e.